The van der Waals surface area contributed by atoms with Gasteiger partial charge in [-0.3, -0.25) is 14.9 Å². The summed E-state index contributed by atoms with van der Waals surface area (Å²) in [5, 5.41) is 3.37. The van der Waals surface area contributed by atoms with Crippen LogP contribution < -0.4 is 10.2 Å². The smallest absolute Gasteiger partial charge is 0.335 e. The Balaban J connectivity index is 1.63. The molecule has 1 fully saturated rings. The Labute approximate surface area is 195 Å². The number of hydrogen-bond donors (Lipinski definition) is 1. The van der Waals surface area contributed by atoms with Crippen LogP contribution in [-0.4, -0.2) is 17.8 Å². The number of amides is 4. The molecule has 0 atom stereocenters. The molecule has 1 aliphatic heterocycles. The van der Waals surface area contributed by atoms with Crippen molar-refractivity contribution in [2.75, 3.05) is 4.90 Å². The number of furan rings is 1. The maximum atomic E-state index is 13.0. The number of imide groups is 2. The van der Waals surface area contributed by atoms with E-state index in [1.54, 1.807) is 42.5 Å². The lowest BCUT2D eigenvalue weighted by Crippen LogP contribution is -2.54. The normalized spacial score (nSPS) is 15.5. The van der Waals surface area contributed by atoms with Crippen molar-refractivity contribution >= 4 is 68.9 Å². The summed E-state index contributed by atoms with van der Waals surface area (Å²) in [6, 6.07) is 14.9. The number of rotatable bonds is 4. The third kappa shape index (κ3) is 4.61. The van der Waals surface area contributed by atoms with E-state index in [1.165, 1.54) is 17.8 Å². The summed E-state index contributed by atoms with van der Waals surface area (Å²) in [6.45, 7) is 1.89. The number of carbonyl (C=O) groups is 3. The summed E-state index contributed by atoms with van der Waals surface area (Å²) in [6.07, 6.45) is 1.32. The maximum absolute atomic E-state index is 13.0. The van der Waals surface area contributed by atoms with Crippen molar-refractivity contribution in [2.24, 2.45) is 0 Å². The van der Waals surface area contributed by atoms with E-state index < -0.39 is 17.8 Å². The molecule has 0 saturated carbocycles. The van der Waals surface area contributed by atoms with Gasteiger partial charge in [0, 0.05) is 9.92 Å². The molecule has 0 spiro atoms. The third-order valence-electron chi connectivity index (χ3n) is 4.38. The van der Waals surface area contributed by atoms with Gasteiger partial charge in [0.15, 0.2) is 5.09 Å². The van der Waals surface area contributed by atoms with Crippen molar-refractivity contribution in [3.05, 3.63) is 81.0 Å². The lowest BCUT2D eigenvalue weighted by Gasteiger charge is -2.26. The van der Waals surface area contributed by atoms with Gasteiger partial charge in [0.25, 0.3) is 11.8 Å². The zero-order valence-electron chi connectivity index (χ0n) is 16.0. The molecule has 2 heterocycles. The molecule has 156 valence electrons. The van der Waals surface area contributed by atoms with Gasteiger partial charge in [0.05, 0.1) is 10.2 Å². The minimum absolute atomic E-state index is 0.204. The maximum Gasteiger partial charge on any atom is 0.335 e. The lowest BCUT2D eigenvalue weighted by atomic mass is 10.1. The number of hydrogen-bond acceptors (Lipinski definition) is 5. The van der Waals surface area contributed by atoms with Gasteiger partial charge in [-0.25, -0.2) is 9.69 Å². The van der Waals surface area contributed by atoms with E-state index in [1.807, 2.05) is 19.1 Å². The molecule has 0 unspecified atom stereocenters. The molecule has 31 heavy (non-hydrogen) atoms. The number of anilines is 1. The van der Waals surface area contributed by atoms with Gasteiger partial charge in [-0.15, -0.1) is 0 Å². The van der Waals surface area contributed by atoms with Crippen LogP contribution in [0.15, 0.2) is 79.0 Å². The fourth-order valence-electron chi connectivity index (χ4n) is 2.85. The number of urea groups is 1. The molecule has 0 radical (unpaired) electrons. The van der Waals surface area contributed by atoms with Crippen LogP contribution in [-0.2, 0) is 9.59 Å². The van der Waals surface area contributed by atoms with Crippen LogP contribution in [0.1, 0.15) is 11.3 Å². The minimum Gasteiger partial charge on any atom is -0.449 e. The molecule has 1 aromatic heterocycles. The van der Waals surface area contributed by atoms with Crippen LogP contribution in [0.3, 0.4) is 0 Å². The summed E-state index contributed by atoms with van der Waals surface area (Å²) >= 11 is 10.7. The number of halogens is 2. The molecule has 1 aliphatic rings. The second kappa shape index (κ2) is 8.74. The van der Waals surface area contributed by atoms with Crippen molar-refractivity contribution < 1.29 is 18.8 Å². The Morgan fingerprint density at radius 1 is 1.06 bits per heavy atom. The number of benzene rings is 2. The predicted molar refractivity (Wildman–Crippen MR) is 122 cm³/mol. The van der Waals surface area contributed by atoms with Crippen molar-refractivity contribution in [3.8, 4) is 0 Å². The third-order valence-corrected chi connectivity index (χ3v) is 6.48. The zero-order valence-corrected chi connectivity index (χ0v) is 19.2. The molecule has 1 N–H and O–H groups in total. The molecule has 1 saturated heterocycles. The van der Waals surface area contributed by atoms with E-state index >= 15 is 0 Å². The largest absolute Gasteiger partial charge is 0.449 e. The number of carbonyl (C=O) groups excluding carboxylic acids is 3. The van der Waals surface area contributed by atoms with Crippen LogP contribution in [0.25, 0.3) is 6.08 Å². The molecule has 2 aromatic carbocycles. The van der Waals surface area contributed by atoms with Crippen molar-refractivity contribution in [3.63, 3.8) is 0 Å². The van der Waals surface area contributed by atoms with Crippen molar-refractivity contribution in [1.29, 1.82) is 0 Å². The van der Waals surface area contributed by atoms with Gasteiger partial charge in [-0.05, 0) is 71.4 Å². The number of aryl methyl sites for hydroxylation is 1. The van der Waals surface area contributed by atoms with Gasteiger partial charge in [-0.1, -0.05) is 41.1 Å². The average molecular weight is 518 g/mol. The monoisotopic (exact) mass is 516 g/mol. The highest BCUT2D eigenvalue weighted by atomic mass is 79.9. The van der Waals surface area contributed by atoms with Crippen LogP contribution >= 0.6 is 39.3 Å². The van der Waals surface area contributed by atoms with Crippen LogP contribution in [0, 0.1) is 6.92 Å². The molecular formula is C22H14BrClN2O4S. The Morgan fingerprint density at radius 3 is 2.42 bits per heavy atom. The molecular weight excluding hydrogens is 504 g/mol. The van der Waals surface area contributed by atoms with Gasteiger partial charge < -0.3 is 4.42 Å². The van der Waals surface area contributed by atoms with E-state index in [4.69, 9.17) is 16.0 Å². The summed E-state index contributed by atoms with van der Waals surface area (Å²) in [4.78, 5) is 39.4. The fourth-order valence-corrected chi connectivity index (χ4v) is 4.30. The summed E-state index contributed by atoms with van der Waals surface area (Å²) in [7, 11) is 0. The van der Waals surface area contributed by atoms with Gasteiger partial charge in [-0.2, -0.15) is 0 Å². The predicted octanol–water partition coefficient (Wildman–Crippen LogP) is 5.82. The zero-order chi connectivity index (χ0) is 22.1. The Kier molecular flexibility index (Phi) is 6.04. The SMILES string of the molecule is Cc1ccc(N2C(=O)NC(=O)C(=Cc3cc(Br)c(Sc4ccc(Cl)cc4)o3)C2=O)cc1. The average Bonchev–Trinajstić information content (AvgIpc) is 3.07. The summed E-state index contributed by atoms with van der Waals surface area (Å²) in [5.74, 6) is -1.21. The Hall–Kier alpha value is -2.81. The first kappa shape index (κ1) is 21.4. The fraction of sp³-hybridized carbons (Fsp3) is 0.0455. The highest BCUT2D eigenvalue weighted by Gasteiger charge is 2.37. The van der Waals surface area contributed by atoms with E-state index in [0.29, 0.717) is 26.0 Å². The second-order valence-corrected chi connectivity index (χ2v) is 8.97. The molecule has 0 bridgehead atoms. The Morgan fingerprint density at radius 2 is 1.74 bits per heavy atom. The Bertz CT molecular complexity index is 1220. The topological polar surface area (TPSA) is 79.6 Å². The van der Waals surface area contributed by atoms with E-state index in [0.717, 1.165) is 15.4 Å². The highest BCUT2D eigenvalue weighted by molar-refractivity contribution is 9.10. The van der Waals surface area contributed by atoms with Gasteiger partial charge in [0.2, 0.25) is 0 Å². The molecule has 4 amide bonds. The summed E-state index contributed by atoms with van der Waals surface area (Å²) in [5.41, 5.74) is 1.14. The first-order valence-electron chi connectivity index (χ1n) is 9.03. The van der Waals surface area contributed by atoms with E-state index in [-0.39, 0.29) is 5.57 Å². The van der Waals surface area contributed by atoms with Gasteiger partial charge in [0.1, 0.15) is 11.3 Å². The second-order valence-electron chi connectivity index (χ2n) is 6.63. The number of nitrogens with zero attached hydrogens (tertiary/aromatic N) is 1. The van der Waals surface area contributed by atoms with Gasteiger partial charge >= 0.3 is 6.03 Å². The van der Waals surface area contributed by atoms with Crippen molar-refractivity contribution in [2.45, 2.75) is 16.9 Å². The number of barbiturate groups is 1. The minimum atomic E-state index is -0.796. The molecule has 6 nitrogen and oxygen atoms in total. The summed E-state index contributed by atoms with van der Waals surface area (Å²) < 4.78 is 6.46. The first-order chi connectivity index (χ1) is 14.8. The van der Waals surface area contributed by atoms with E-state index in [2.05, 4.69) is 21.2 Å². The first-order valence-corrected chi connectivity index (χ1v) is 11.0. The number of nitrogens with one attached hydrogen (secondary N) is 1. The molecule has 0 aliphatic carbocycles. The van der Waals surface area contributed by atoms with Crippen molar-refractivity contribution in [1.82, 2.24) is 5.32 Å². The standard InChI is InChI=1S/C22H14BrClN2O4S/c1-12-2-6-14(7-3-12)26-20(28)17(19(27)25-22(26)29)10-15-11-18(23)21(30-15)31-16-8-4-13(24)5-9-16/h2-11H,1H3,(H,25,27,29). The molecule has 4 rings (SSSR count). The quantitative estimate of drug-likeness (QED) is 0.348. The molecule has 9 heteroatoms. The van der Waals surface area contributed by atoms with Crippen LogP contribution in [0.5, 0.6) is 0 Å². The molecule has 3 aromatic rings. The van der Waals surface area contributed by atoms with Crippen LogP contribution in [0.2, 0.25) is 5.02 Å². The van der Waals surface area contributed by atoms with Crippen LogP contribution in [0.4, 0.5) is 10.5 Å². The lowest BCUT2D eigenvalue weighted by molar-refractivity contribution is -0.122. The highest BCUT2D eigenvalue weighted by Crippen LogP contribution is 2.37. The van der Waals surface area contributed by atoms with E-state index in [9.17, 15) is 14.4 Å².